The van der Waals surface area contributed by atoms with E-state index in [2.05, 4.69) is 15.3 Å². The number of carbonyl (C=O) groups excluding carboxylic acids is 1. The van der Waals surface area contributed by atoms with Gasteiger partial charge >= 0.3 is 0 Å². The van der Waals surface area contributed by atoms with Crippen LogP contribution in [0.2, 0.25) is 0 Å². The Kier molecular flexibility index (Phi) is 3.33. The van der Waals surface area contributed by atoms with Crippen LogP contribution in [0.1, 0.15) is 17.4 Å². The summed E-state index contributed by atoms with van der Waals surface area (Å²) in [7, 11) is 0. The Bertz CT molecular complexity index is 276. The number of hydrogen-bond acceptors (Lipinski definition) is 4. The van der Waals surface area contributed by atoms with Crippen LogP contribution in [0.3, 0.4) is 0 Å². The van der Waals surface area contributed by atoms with Gasteiger partial charge in [0.2, 0.25) is 0 Å². The van der Waals surface area contributed by atoms with Gasteiger partial charge in [-0.3, -0.25) is 9.78 Å². The number of nitrogens with zero attached hydrogens (tertiary/aromatic N) is 2. The Labute approximate surface area is 75.8 Å². The van der Waals surface area contributed by atoms with E-state index < -0.39 is 0 Å². The molecule has 0 bridgehead atoms. The summed E-state index contributed by atoms with van der Waals surface area (Å²) in [6.07, 6.45) is 4.31. The zero-order chi connectivity index (χ0) is 9.68. The zero-order valence-electron chi connectivity index (χ0n) is 7.27. The average molecular weight is 181 g/mol. The van der Waals surface area contributed by atoms with Gasteiger partial charge in [0, 0.05) is 18.4 Å². The Hall–Kier alpha value is -1.49. The Balaban J connectivity index is 2.59. The molecule has 1 aromatic rings. The molecular weight excluding hydrogens is 170 g/mol. The molecule has 70 valence electrons. The van der Waals surface area contributed by atoms with Gasteiger partial charge < -0.3 is 10.4 Å². The van der Waals surface area contributed by atoms with Crippen molar-refractivity contribution in [3.63, 3.8) is 0 Å². The number of nitrogens with one attached hydrogen (secondary N) is 1. The van der Waals surface area contributed by atoms with Crippen molar-refractivity contribution in [3.8, 4) is 0 Å². The fraction of sp³-hybridized carbons (Fsp3) is 0.375. The molecule has 0 spiro atoms. The van der Waals surface area contributed by atoms with E-state index in [1.54, 1.807) is 6.92 Å². The first kappa shape index (κ1) is 9.60. The van der Waals surface area contributed by atoms with Crippen LogP contribution in [-0.4, -0.2) is 33.6 Å². The van der Waals surface area contributed by atoms with Crippen molar-refractivity contribution in [3.05, 3.63) is 24.3 Å². The van der Waals surface area contributed by atoms with Gasteiger partial charge in [0.1, 0.15) is 5.69 Å². The molecule has 13 heavy (non-hydrogen) atoms. The SMILES string of the molecule is C[C@H](CO)NC(=O)c1cnccn1. The Morgan fingerprint density at radius 2 is 2.46 bits per heavy atom. The smallest absolute Gasteiger partial charge is 0.271 e. The summed E-state index contributed by atoms with van der Waals surface area (Å²) in [6.45, 7) is 1.61. The summed E-state index contributed by atoms with van der Waals surface area (Å²) in [6, 6.07) is -0.269. The number of hydrogen-bond donors (Lipinski definition) is 2. The van der Waals surface area contributed by atoms with Crippen LogP contribution in [0.5, 0.6) is 0 Å². The minimum atomic E-state index is -0.324. The van der Waals surface area contributed by atoms with Crippen molar-refractivity contribution in [2.24, 2.45) is 0 Å². The van der Waals surface area contributed by atoms with Gasteiger partial charge in [-0.2, -0.15) is 0 Å². The van der Waals surface area contributed by atoms with Crippen LogP contribution in [-0.2, 0) is 0 Å². The molecule has 0 radical (unpaired) electrons. The minimum Gasteiger partial charge on any atom is -0.394 e. The highest BCUT2D eigenvalue weighted by molar-refractivity contribution is 5.92. The third-order valence-electron chi connectivity index (χ3n) is 1.45. The minimum absolute atomic E-state index is 0.0913. The maximum absolute atomic E-state index is 11.3. The highest BCUT2D eigenvalue weighted by Gasteiger charge is 2.09. The second-order valence-electron chi connectivity index (χ2n) is 2.65. The van der Waals surface area contributed by atoms with Crippen molar-refractivity contribution in [1.82, 2.24) is 15.3 Å². The molecule has 1 rings (SSSR count). The maximum Gasteiger partial charge on any atom is 0.271 e. The van der Waals surface area contributed by atoms with Crippen LogP contribution in [0.4, 0.5) is 0 Å². The monoisotopic (exact) mass is 181 g/mol. The summed E-state index contributed by atoms with van der Waals surface area (Å²) in [5, 5.41) is 11.2. The molecule has 1 heterocycles. The van der Waals surface area contributed by atoms with Crippen LogP contribution in [0, 0.1) is 0 Å². The van der Waals surface area contributed by atoms with Gasteiger partial charge in [-0.05, 0) is 6.92 Å². The molecule has 0 aliphatic heterocycles. The molecule has 5 heteroatoms. The zero-order valence-corrected chi connectivity index (χ0v) is 7.27. The average Bonchev–Trinajstić information content (AvgIpc) is 2.19. The molecule has 5 nitrogen and oxygen atoms in total. The Morgan fingerprint density at radius 3 is 3.00 bits per heavy atom. The predicted molar refractivity (Wildman–Crippen MR) is 46.0 cm³/mol. The molecule has 0 saturated heterocycles. The lowest BCUT2D eigenvalue weighted by Gasteiger charge is -2.09. The lowest BCUT2D eigenvalue weighted by atomic mass is 10.3. The molecule has 1 amide bonds. The van der Waals surface area contributed by atoms with Gasteiger partial charge in [-0.15, -0.1) is 0 Å². The van der Waals surface area contributed by atoms with Gasteiger partial charge in [0.05, 0.1) is 12.8 Å². The molecule has 0 unspecified atom stereocenters. The fourth-order valence-electron chi connectivity index (χ4n) is 0.760. The van der Waals surface area contributed by atoms with E-state index in [1.807, 2.05) is 0 Å². The Morgan fingerprint density at radius 1 is 1.69 bits per heavy atom. The quantitative estimate of drug-likeness (QED) is 0.664. The third kappa shape index (κ3) is 2.79. The molecular formula is C8H11N3O2. The number of aliphatic hydroxyl groups excluding tert-OH is 1. The number of carbonyl (C=O) groups is 1. The van der Waals surface area contributed by atoms with Gasteiger partial charge in [-0.25, -0.2) is 4.98 Å². The van der Waals surface area contributed by atoms with E-state index in [0.29, 0.717) is 0 Å². The standard InChI is InChI=1S/C8H11N3O2/c1-6(5-12)11-8(13)7-4-9-2-3-10-7/h2-4,6,12H,5H2,1H3,(H,11,13)/t6-/m1/s1. The molecule has 0 aromatic carbocycles. The van der Waals surface area contributed by atoms with E-state index in [0.717, 1.165) is 0 Å². The van der Waals surface area contributed by atoms with Gasteiger partial charge in [-0.1, -0.05) is 0 Å². The molecule has 1 aromatic heterocycles. The van der Waals surface area contributed by atoms with Crippen LogP contribution in [0.25, 0.3) is 0 Å². The van der Waals surface area contributed by atoms with Gasteiger partial charge in [0.15, 0.2) is 0 Å². The second-order valence-corrected chi connectivity index (χ2v) is 2.65. The molecule has 0 fully saturated rings. The number of aliphatic hydroxyl groups is 1. The van der Waals surface area contributed by atoms with Crippen molar-refractivity contribution in [2.45, 2.75) is 13.0 Å². The fourth-order valence-corrected chi connectivity index (χ4v) is 0.760. The predicted octanol–water partition coefficient (Wildman–Crippen LogP) is -0.413. The summed E-state index contributed by atoms with van der Waals surface area (Å²) in [5.74, 6) is -0.324. The number of rotatable bonds is 3. The molecule has 0 aliphatic carbocycles. The largest absolute Gasteiger partial charge is 0.394 e. The third-order valence-corrected chi connectivity index (χ3v) is 1.45. The molecule has 0 aliphatic rings. The van der Waals surface area contributed by atoms with Crippen molar-refractivity contribution < 1.29 is 9.90 Å². The molecule has 0 saturated carbocycles. The lowest BCUT2D eigenvalue weighted by molar-refractivity contribution is 0.0917. The molecule has 1 atom stereocenters. The van der Waals surface area contributed by atoms with Crippen molar-refractivity contribution >= 4 is 5.91 Å². The number of aromatic nitrogens is 2. The first-order valence-electron chi connectivity index (χ1n) is 3.91. The first-order chi connectivity index (χ1) is 6.24. The first-order valence-corrected chi connectivity index (χ1v) is 3.91. The van der Waals surface area contributed by atoms with E-state index in [9.17, 15) is 4.79 Å². The number of amides is 1. The highest BCUT2D eigenvalue weighted by atomic mass is 16.3. The van der Waals surface area contributed by atoms with Crippen LogP contribution >= 0.6 is 0 Å². The summed E-state index contributed by atoms with van der Waals surface area (Å²) in [4.78, 5) is 18.9. The van der Waals surface area contributed by atoms with Crippen molar-refractivity contribution in [1.29, 1.82) is 0 Å². The normalized spacial score (nSPS) is 12.2. The topological polar surface area (TPSA) is 75.1 Å². The van der Waals surface area contributed by atoms with E-state index in [1.165, 1.54) is 18.6 Å². The molecule has 2 N–H and O–H groups in total. The van der Waals surface area contributed by atoms with Gasteiger partial charge in [0.25, 0.3) is 5.91 Å². The van der Waals surface area contributed by atoms with E-state index in [-0.39, 0.29) is 24.2 Å². The maximum atomic E-state index is 11.3. The summed E-state index contributed by atoms with van der Waals surface area (Å²) < 4.78 is 0. The second kappa shape index (κ2) is 4.51. The van der Waals surface area contributed by atoms with E-state index in [4.69, 9.17) is 5.11 Å². The highest BCUT2D eigenvalue weighted by Crippen LogP contribution is 1.90. The van der Waals surface area contributed by atoms with Crippen LogP contribution < -0.4 is 5.32 Å². The van der Waals surface area contributed by atoms with Crippen molar-refractivity contribution in [2.75, 3.05) is 6.61 Å². The summed E-state index contributed by atoms with van der Waals surface area (Å²) in [5.41, 5.74) is 0.253. The van der Waals surface area contributed by atoms with Crippen LogP contribution in [0.15, 0.2) is 18.6 Å². The summed E-state index contributed by atoms with van der Waals surface area (Å²) >= 11 is 0. The van der Waals surface area contributed by atoms with E-state index >= 15 is 0 Å². The lowest BCUT2D eigenvalue weighted by Crippen LogP contribution is -2.35.